The number of aliphatic hydroxyl groups excluding tert-OH is 11. The van der Waals surface area contributed by atoms with Gasteiger partial charge in [-0.1, -0.05) is 220 Å². The lowest BCUT2D eigenvalue weighted by atomic mass is 9.96. The Morgan fingerprint density at radius 3 is 1.20 bits per heavy atom. The van der Waals surface area contributed by atoms with Crippen LogP contribution in [0.5, 0.6) is 0 Å². The highest BCUT2D eigenvalue weighted by Gasteiger charge is 2.53. The summed E-state index contributed by atoms with van der Waals surface area (Å²) in [5, 5.41) is 120. The Morgan fingerprint density at radius 2 is 0.767 bits per heavy atom. The molecule has 0 radical (unpaired) electrons. The number of ether oxygens (including phenoxy) is 6. The fourth-order valence-corrected chi connectivity index (χ4v) is 10.8. The standard InChI is InChI=1S/C71H119NO18/c1-3-5-7-9-11-13-15-17-18-19-20-21-22-23-24-25-26-27-28-29-30-31-32-33-34-35-36-37-39-41-43-45-47-49-59(77)72-54(55(76)48-46-44-42-40-38-16-14-12-10-8-6-4-2)53-85-69-65(83)62(80)67(57(51-74)87-69)90-71-66(84)63(81)68(58(52-75)88-71)89-70-64(82)61(79)60(78)56(50-73)86-70/h5,7,11,13,17-18,20-21,23-24,26-27,29-30,32-33,46,48,54-58,60-71,73-76,78-84H,3-4,6,8-10,12,14-16,19,22,25,28,31,34-45,47,49-53H2,1-2H3,(H,72,77)/b7-5-,13-11-,18-17-,21-20-,24-23-,27-26-,30-29-,33-32-,48-46+. The van der Waals surface area contributed by atoms with E-state index in [2.05, 4.69) is 116 Å². The summed E-state index contributed by atoms with van der Waals surface area (Å²) in [7, 11) is 0. The van der Waals surface area contributed by atoms with E-state index in [4.69, 9.17) is 28.4 Å². The summed E-state index contributed by atoms with van der Waals surface area (Å²) < 4.78 is 34.3. The van der Waals surface area contributed by atoms with Crippen molar-refractivity contribution >= 4 is 5.91 Å². The molecule has 0 aliphatic carbocycles. The maximum absolute atomic E-state index is 13.4. The van der Waals surface area contributed by atoms with Gasteiger partial charge in [0.1, 0.15) is 73.2 Å². The monoisotopic (exact) mass is 1270 g/mol. The fraction of sp³-hybridized carbons (Fsp3) is 0.732. The summed E-state index contributed by atoms with van der Waals surface area (Å²) in [4.78, 5) is 13.4. The predicted molar refractivity (Wildman–Crippen MR) is 350 cm³/mol. The second-order valence-corrected chi connectivity index (χ2v) is 23.9. The van der Waals surface area contributed by atoms with Gasteiger partial charge in [0.25, 0.3) is 0 Å². The number of allylic oxidation sites excluding steroid dienone is 17. The zero-order valence-corrected chi connectivity index (χ0v) is 54.3. The predicted octanol–water partition coefficient (Wildman–Crippen LogP) is 8.66. The average molecular weight is 1270 g/mol. The molecule has 12 N–H and O–H groups in total. The molecule has 0 bridgehead atoms. The van der Waals surface area contributed by atoms with Crippen LogP contribution in [0.1, 0.15) is 200 Å². The Balaban J connectivity index is 1.39. The topological polar surface area (TPSA) is 307 Å². The quantitative estimate of drug-likeness (QED) is 0.0200. The lowest BCUT2D eigenvalue weighted by Crippen LogP contribution is -2.66. The first-order valence-electron chi connectivity index (χ1n) is 34.1. The van der Waals surface area contributed by atoms with Gasteiger partial charge >= 0.3 is 0 Å². The summed E-state index contributed by atoms with van der Waals surface area (Å²) in [6, 6.07) is -0.984. The maximum atomic E-state index is 13.4. The van der Waals surface area contributed by atoms with Crippen molar-refractivity contribution in [2.24, 2.45) is 0 Å². The SMILES string of the molecule is CC/C=C\C/C=C\C/C=C\C/C=C\C/C=C\C/C=C\C/C=C\C/C=C\CCCCCCCCCCC(=O)NC(COC1OC(CO)C(OC2OC(CO)C(OC3OC(CO)C(O)C(O)C3O)C(O)C2O)C(O)C1O)C(O)/C=C/CCCCCCCCCCCC. The molecule has 19 nitrogen and oxygen atoms in total. The Labute approximate surface area is 538 Å². The molecule has 0 aromatic heterocycles. The van der Waals surface area contributed by atoms with Crippen LogP contribution >= 0.6 is 0 Å². The first kappa shape index (κ1) is 80.7. The van der Waals surface area contributed by atoms with Crippen molar-refractivity contribution in [1.29, 1.82) is 0 Å². The minimum atomic E-state index is -1.98. The molecule has 19 heteroatoms. The van der Waals surface area contributed by atoms with Gasteiger partial charge in [0, 0.05) is 6.42 Å². The van der Waals surface area contributed by atoms with Crippen LogP contribution in [0.4, 0.5) is 0 Å². The molecule has 0 spiro atoms. The molecular formula is C71H119NO18. The molecule has 1 amide bonds. The van der Waals surface area contributed by atoms with E-state index in [1.54, 1.807) is 6.08 Å². The Kier molecular flexibility index (Phi) is 46.5. The molecule has 0 aromatic carbocycles. The molecule has 3 saturated heterocycles. The third-order valence-corrected chi connectivity index (χ3v) is 16.3. The van der Waals surface area contributed by atoms with Crippen molar-refractivity contribution in [2.45, 2.75) is 304 Å². The molecule has 516 valence electrons. The lowest BCUT2D eigenvalue weighted by Gasteiger charge is -2.48. The first-order chi connectivity index (χ1) is 43.8. The number of nitrogens with one attached hydrogen (secondary N) is 1. The summed E-state index contributed by atoms with van der Waals surface area (Å²) in [5.74, 6) is -0.291. The van der Waals surface area contributed by atoms with Crippen LogP contribution in [-0.4, -0.2) is 193 Å². The number of amides is 1. The number of hydrogen-bond acceptors (Lipinski definition) is 18. The van der Waals surface area contributed by atoms with E-state index in [0.29, 0.717) is 6.42 Å². The zero-order chi connectivity index (χ0) is 65.4. The van der Waals surface area contributed by atoms with Gasteiger partial charge in [0.15, 0.2) is 18.9 Å². The Bertz CT molecular complexity index is 2060. The number of hydrogen-bond donors (Lipinski definition) is 12. The molecule has 17 atom stereocenters. The first-order valence-corrected chi connectivity index (χ1v) is 34.1. The van der Waals surface area contributed by atoms with Crippen molar-refractivity contribution < 1.29 is 89.4 Å². The molecule has 0 aromatic rings. The number of carbonyl (C=O) groups excluding carboxylic acids is 1. The van der Waals surface area contributed by atoms with E-state index in [1.807, 2.05) is 6.08 Å². The smallest absolute Gasteiger partial charge is 0.220 e. The number of carbonyl (C=O) groups is 1. The van der Waals surface area contributed by atoms with Gasteiger partial charge in [-0.15, -0.1) is 0 Å². The lowest BCUT2D eigenvalue weighted by molar-refractivity contribution is -0.379. The number of rotatable bonds is 50. The number of unbranched alkanes of at least 4 members (excludes halogenated alkanes) is 18. The second kappa shape index (κ2) is 51.8. The highest BCUT2D eigenvalue weighted by Crippen LogP contribution is 2.33. The van der Waals surface area contributed by atoms with Crippen molar-refractivity contribution in [2.75, 3.05) is 26.4 Å². The van der Waals surface area contributed by atoms with Crippen molar-refractivity contribution in [3.8, 4) is 0 Å². The van der Waals surface area contributed by atoms with Crippen molar-refractivity contribution in [1.82, 2.24) is 5.32 Å². The van der Waals surface area contributed by atoms with E-state index in [0.717, 1.165) is 116 Å². The highest BCUT2D eigenvalue weighted by atomic mass is 16.8. The molecular weight excluding hydrogens is 1150 g/mol. The average Bonchev–Trinajstić information content (AvgIpc) is 0.864. The Morgan fingerprint density at radius 1 is 0.411 bits per heavy atom. The fourth-order valence-electron chi connectivity index (χ4n) is 10.8. The molecule has 3 aliphatic heterocycles. The molecule has 3 aliphatic rings. The van der Waals surface area contributed by atoms with E-state index in [1.165, 1.54) is 57.8 Å². The van der Waals surface area contributed by atoms with Crippen LogP contribution in [0.25, 0.3) is 0 Å². The zero-order valence-electron chi connectivity index (χ0n) is 54.3. The van der Waals surface area contributed by atoms with Crippen LogP contribution in [0.15, 0.2) is 109 Å². The van der Waals surface area contributed by atoms with Crippen LogP contribution in [0.2, 0.25) is 0 Å². The molecule has 3 fully saturated rings. The third-order valence-electron chi connectivity index (χ3n) is 16.3. The van der Waals surface area contributed by atoms with Crippen LogP contribution in [0, 0.1) is 0 Å². The summed E-state index contributed by atoms with van der Waals surface area (Å²) in [6.45, 7) is 1.57. The van der Waals surface area contributed by atoms with Gasteiger partial charge in [-0.05, 0) is 83.5 Å². The third kappa shape index (κ3) is 33.5. The van der Waals surface area contributed by atoms with E-state index >= 15 is 0 Å². The van der Waals surface area contributed by atoms with Crippen molar-refractivity contribution in [3.63, 3.8) is 0 Å². The highest BCUT2D eigenvalue weighted by molar-refractivity contribution is 5.76. The molecule has 3 heterocycles. The largest absolute Gasteiger partial charge is 0.394 e. The van der Waals surface area contributed by atoms with Gasteiger partial charge in [0.2, 0.25) is 5.91 Å². The molecule has 90 heavy (non-hydrogen) atoms. The second-order valence-electron chi connectivity index (χ2n) is 23.9. The Hall–Kier alpha value is -3.55. The van der Waals surface area contributed by atoms with Gasteiger partial charge in [-0.2, -0.15) is 0 Å². The van der Waals surface area contributed by atoms with Crippen molar-refractivity contribution in [3.05, 3.63) is 109 Å². The van der Waals surface area contributed by atoms with Crippen LogP contribution in [-0.2, 0) is 33.2 Å². The van der Waals surface area contributed by atoms with Crippen LogP contribution < -0.4 is 5.32 Å². The summed E-state index contributed by atoms with van der Waals surface area (Å²) in [6.07, 6.45) is 42.1. The van der Waals surface area contributed by atoms with Gasteiger partial charge < -0.3 is 89.9 Å². The molecule has 0 saturated carbocycles. The van der Waals surface area contributed by atoms with E-state index in [-0.39, 0.29) is 18.9 Å². The summed E-state index contributed by atoms with van der Waals surface area (Å²) >= 11 is 0. The van der Waals surface area contributed by atoms with Gasteiger partial charge in [0.05, 0.1) is 38.6 Å². The van der Waals surface area contributed by atoms with E-state index < -0.39 is 124 Å². The molecule has 3 rings (SSSR count). The minimum absolute atomic E-state index is 0.226. The minimum Gasteiger partial charge on any atom is -0.394 e. The van der Waals surface area contributed by atoms with E-state index in [9.17, 15) is 61.0 Å². The van der Waals surface area contributed by atoms with Gasteiger partial charge in [-0.25, -0.2) is 0 Å². The van der Waals surface area contributed by atoms with Gasteiger partial charge in [-0.3, -0.25) is 4.79 Å². The number of aliphatic hydroxyl groups is 11. The van der Waals surface area contributed by atoms with Crippen LogP contribution in [0.3, 0.4) is 0 Å². The maximum Gasteiger partial charge on any atom is 0.220 e. The summed E-state index contributed by atoms with van der Waals surface area (Å²) in [5.41, 5.74) is 0. The molecule has 17 unspecified atom stereocenters. The normalized spacial score (nSPS) is 28.7.